The summed E-state index contributed by atoms with van der Waals surface area (Å²) in [7, 11) is 0. The first kappa shape index (κ1) is 14.0. The van der Waals surface area contributed by atoms with Crippen LogP contribution >= 0.6 is 28.3 Å². The van der Waals surface area contributed by atoms with E-state index in [4.69, 9.17) is 4.74 Å². The van der Waals surface area contributed by atoms with E-state index in [-0.39, 0.29) is 12.4 Å². The van der Waals surface area contributed by atoms with Crippen LogP contribution in [0.3, 0.4) is 0 Å². The Balaban J connectivity index is 1.80. The van der Waals surface area contributed by atoms with Crippen molar-refractivity contribution in [1.29, 1.82) is 0 Å². The Morgan fingerprint density at radius 1 is 1.22 bits per heavy atom. The van der Waals surface area contributed by atoms with Gasteiger partial charge in [-0.15, -0.1) is 0 Å². The lowest BCUT2D eigenvalue weighted by Crippen LogP contribution is -2.09. The highest BCUT2D eigenvalue weighted by molar-refractivity contribution is 8.90. The highest BCUT2D eigenvalue weighted by Crippen LogP contribution is 2.71. The van der Waals surface area contributed by atoms with Crippen LogP contribution in [0, 0.1) is 0 Å². The van der Waals surface area contributed by atoms with Gasteiger partial charge in [-0.3, -0.25) is 4.79 Å². The van der Waals surface area contributed by atoms with Crippen LogP contribution in [0.5, 0.6) is 5.75 Å². The minimum Gasteiger partial charge on any atom is -0.427 e. The van der Waals surface area contributed by atoms with Gasteiger partial charge in [0.1, 0.15) is 5.75 Å². The second-order valence-electron chi connectivity index (χ2n) is 3.89. The number of hydrogen-bond acceptors (Lipinski definition) is 5. The fraction of sp³-hybridized carbons (Fsp3) is 0.417. The van der Waals surface area contributed by atoms with Crippen molar-refractivity contribution in [1.82, 2.24) is 0 Å². The van der Waals surface area contributed by atoms with E-state index < -0.39 is 5.55 Å². The summed E-state index contributed by atoms with van der Waals surface area (Å²) in [6.45, 7) is 0. The number of rotatable bonds is 4. The summed E-state index contributed by atoms with van der Waals surface area (Å²) in [4.78, 5) is 11.6. The van der Waals surface area contributed by atoms with E-state index in [9.17, 15) is 9.36 Å². The summed E-state index contributed by atoms with van der Waals surface area (Å²) in [5.41, 5.74) is -2.24. The van der Waals surface area contributed by atoms with Gasteiger partial charge in [-0.25, -0.2) is 0 Å². The molecule has 0 spiro atoms. The molecule has 98 valence electrons. The van der Waals surface area contributed by atoms with Crippen LogP contribution in [0.25, 0.3) is 0 Å². The second-order valence-corrected chi connectivity index (χ2v) is 12.7. The Morgan fingerprint density at radius 2 is 1.89 bits per heavy atom. The van der Waals surface area contributed by atoms with Gasteiger partial charge in [0.2, 0.25) is 0 Å². The van der Waals surface area contributed by atoms with E-state index in [0.29, 0.717) is 11.9 Å². The summed E-state index contributed by atoms with van der Waals surface area (Å²) in [5, 5.41) is 0. The van der Waals surface area contributed by atoms with Gasteiger partial charge in [-0.2, -0.15) is 0 Å². The molecule has 2 rings (SSSR count). The van der Waals surface area contributed by atoms with Crippen molar-refractivity contribution in [3.05, 3.63) is 30.3 Å². The molecule has 1 aromatic rings. The van der Waals surface area contributed by atoms with Crippen LogP contribution in [0.1, 0.15) is 12.8 Å². The largest absolute Gasteiger partial charge is 0.427 e. The van der Waals surface area contributed by atoms with E-state index in [1.165, 1.54) is 22.8 Å². The van der Waals surface area contributed by atoms with E-state index in [2.05, 4.69) is 0 Å². The van der Waals surface area contributed by atoms with Gasteiger partial charge in [0.15, 0.2) is 5.55 Å². The normalized spacial score (nSPS) is 18.2. The number of carbonyl (C=O) groups excluding carboxylic acids is 1. The maximum atomic E-state index is 12.3. The van der Waals surface area contributed by atoms with E-state index >= 15 is 0 Å². The molecule has 0 atom stereocenters. The van der Waals surface area contributed by atoms with Crippen LogP contribution in [-0.4, -0.2) is 23.6 Å². The molecular formula is C12H15O3PS2. The average molecular weight is 302 g/mol. The molecule has 0 saturated carbocycles. The van der Waals surface area contributed by atoms with E-state index in [1.54, 1.807) is 12.1 Å². The molecule has 0 N–H and O–H groups in total. The van der Waals surface area contributed by atoms with Crippen LogP contribution in [0.2, 0.25) is 0 Å². The summed E-state index contributed by atoms with van der Waals surface area (Å²) in [6.07, 6.45) is 1.77. The van der Waals surface area contributed by atoms with E-state index in [1.807, 2.05) is 18.2 Å². The second kappa shape index (κ2) is 6.69. The number of benzene rings is 1. The van der Waals surface area contributed by atoms with Crippen molar-refractivity contribution in [3.63, 3.8) is 0 Å². The predicted molar refractivity (Wildman–Crippen MR) is 78.7 cm³/mol. The first-order valence-corrected chi connectivity index (χ1v) is 10.9. The summed E-state index contributed by atoms with van der Waals surface area (Å²) < 4.78 is 17.5. The minimum absolute atomic E-state index is 0.228. The Kier molecular flexibility index (Phi) is 5.22. The Bertz CT molecular complexity index is 440. The molecule has 0 radical (unpaired) electrons. The fourth-order valence-electron chi connectivity index (χ4n) is 1.53. The lowest BCUT2D eigenvalue weighted by atomic mass is 10.3. The molecule has 1 aromatic carbocycles. The van der Waals surface area contributed by atoms with Gasteiger partial charge < -0.3 is 9.30 Å². The molecule has 0 unspecified atom stereocenters. The smallest absolute Gasteiger partial charge is 0.311 e. The molecule has 3 nitrogen and oxygen atoms in total. The maximum absolute atomic E-state index is 12.3. The standard InChI is InChI=1S/C12H15O3PS2/c13-12(15-11-5-2-1-3-6-11)7-8-16(14)17-9-4-10-18-16/h1-3,5-6H,4,7-10H2. The number of esters is 1. The predicted octanol–water partition coefficient (Wildman–Crippen LogP) is 4.05. The van der Waals surface area contributed by atoms with Gasteiger partial charge in [0.05, 0.1) is 6.42 Å². The van der Waals surface area contributed by atoms with Gasteiger partial charge in [-0.05, 0) is 18.6 Å². The zero-order chi connectivity index (χ0) is 12.8. The number of hydrogen-bond donors (Lipinski definition) is 0. The van der Waals surface area contributed by atoms with Crippen LogP contribution in [-0.2, 0) is 9.36 Å². The number of para-hydroxylation sites is 1. The Hall–Kier alpha value is -0.380. The van der Waals surface area contributed by atoms with Crippen molar-refractivity contribution in [3.8, 4) is 5.75 Å². The molecule has 1 aliphatic heterocycles. The molecule has 0 aliphatic carbocycles. The lowest BCUT2D eigenvalue weighted by molar-refractivity contribution is -0.133. The number of carbonyl (C=O) groups is 1. The van der Waals surface area contributed by atoms with Gasteiger partial charge >= 0.3 is 5.97 Å². The Labute approximate surface area is 115 Å². The SMILES string of the molecule is O=C(CCP1(=O)SCCCS1)Oc1ccccc1. The highest BCUT2D eigenvalue weighted by atomic mass is 33.1. The third kappa shape index (κ3) is 4.38. The quantitative estimate of drug-likeness (QED) is 0.477. The topological polar surface area (TPSA) is 43.4 Å². The zero-order valence-corrected chi connectivity index (χ0v) is 12.4. The van der Waals surface area contributed by atoms with Crippen molar-refractivity contribution in [2.24, 2.45) is 0 Å². The molecule has 18 heavy (non-hydrogen) atoms. The van der Waals surface area contributed by atoms with Crippen molar-refractivity contribution >= 4 is 34.3 Å². The average Bonchev–Trinajstić information content (AvgIpc) is 2.39. The highest BCUT2D eigenvalue weighted by Gasteiger charge is 2.27. The van der Waals surface area contributed by atoms with Crippen LogP contribution in [0.4, 0.5) is 0 Å². The maximum Gasteiger partial charge on any atom is 0.311 e. The first-order chi connectivity index (χ1) is 8.68. The summed E-state index contributed by atoms with van der Waals surface area (Å²) in [6, 6.07) is 8.98. The molecule has 0 bridgehead atoms. The fourth-order valence-corrected chi connectivity index (χ4v) is 9.61. The van der Waals surface area contributed by atoms with Gasteiger partial charge in [-0.1, -0.05) is 41.0 Å². The molecule has 0 aromatic heterocycles. The third-order valence-corrected chi connectivity index (χ3v) is 11.4. The van der Waals surface area contributed by atoms with Crippen LogP contribution < -0.4 is 4.74 Å². The Morgan fingerprint density at radius 3 is 2.56 bits per heavy atom. The molecule has 0 amide bonds. The number of ether oxygens (including phenoxy) is 1. The monoisotopic (exact) mass is 302 g/mol. The summed E-state index contributed by atoms with van der Waals surface area (Å²) >= 11 is 3.05. The molecule has 6 heteroatoms. The third-order valence-electron chi connectivity index (χ3n) is 2.43. The minimum atomic E-state index is -2.24. The molecule has 1 aliphatic rings. The van der Waals surface area contributed by atoms with Crippen molar-refractivity contribution in [2.75, 3.05) is 17.7 Å². The van der Waals surface area contributed by atoms with Gasteiger partial charge in [0.25, 0.3) is 0 Å². The summed E-state index contributed by atoms with van der Waals surface area (Å²) in [5.74, 6) is 2.13. The van der Waals surface area contributed by atoms with E-state index in [0.717, 1.165) is 17.9 Å². The first-order valence-electron chi connectivity index (χ1n) is 5.82. The molecule has 1 heterocycles. The molecular weight excluding hydrogens is 287 g/mol. The van der Waals surface area contributed by atoms with Crippen LogP contribution in [0.15, 0.2) is 30.3 Å². The molecule has 1 saturated heterocycles. The lowest BCUT2D eigenvalue weighted by Gasteiger charge is -2.20. The zero-order valence-electron chi connectivity index (χ0n) is 9.91. The van der Waals surface area contributed by atoms with Crippen molar-refractivity contribution < 1.29 is 14.1 Å². The van der Waals surface area contributed by atoms with Crippen molar-refractivity contribution in [2.45, 2.75) is 12.8 Å². The molecule has 1 fully saturated rings. The van der Waals surface area contributed by atoms with Gasteiger partial charge in [0, 0.05) is 17.7 Å².